The molecule has 3 rings (SSSR count). The van der Waals surface area contributed by atoms with E-state index < -0.39 is 0 Å². The van der Waals surface area contributed by atoms with Gasteiger partial charge >= 0.3 is 0 Å². The van der Waals surface area contributed by atoms with Crippen LogP contribution in [0.1, 0.15) is 6.42 Å². The highest BCUT2D eigenvalue weighted by Crippen LogP contribution is 2.25. The van der Waals surface area contributed by atoms with Crippen molar-refractivity contribution in [3.05, 3.63) is 23.5 Å². The summed E-state index contributed by atoms with van der Waals surface area (Å²) in [5.74, 6) is 1.32. The predicted molar refractivity (Wildman–Crippen MR) is 69.4 cm³/mol. The number of anilines is 1. The van der Waals surface area contributed by atoms with Gasteiger partial charge in [0.1, 0.15) is 0 Å². The predicted octanol–water partition coefficient (Wildman–Crippen LogP) is 1.06. The normalized spacial score (nSPS) is 19.4. The molecule has 1 atom stereocenters. The molecule has 0 aliphatic carbocycles. The van der Waals surface area contributed by atoms with Crippen molar-refractivity contribution in [1.29, 1.82) is 0 Å². The first-order valence-corrected chi connectivity index (χ1v) is 6.14. The van der Waals surface area contributed by atoms with Gasteiger partial charge in [-0.15, -0.1) is 5.10 Å². The van der Waals surface area contributed by atoms with Crippen LogP contribution < -0.4 is 10.6 Å². The number of aromatic nitrogens is 4. The van der Waals surface area contributed by atoms with Gasteiger partial charge in [-0.05, 0) is 12.5 Å². The fraction of sp³-hybridized carbons (Fsp3) is 0.364. The number of hydrogen-bond acceptors (Lipinski definition) is 5. The van der Waals surface area contributed by atoms with Crippen molar-refractivity contribution in [2.24, 2.45) is 5.73 Å². The van der Waals surface area contributed by atoms with E-state index in [1.165, 1.54) is 0 Å². The number of halogens is 1. The lowest BCUT2D eigenvalue weighted by molar-refractivity contribution is 0.750. The first-order valence-electron chi connectivity index (χ1n) is 5.77. The fourth-order valence-electron chi connectivity index (χ4n) is 2.05. The molecule has 1 unspecified atom stereocenters. The molecule has 3 N–H and O–H groups in total. The molecule has 1 aliphatic heterocycles. The molecule has 0 spiro atoms. The highest BCUT2D eigenvalue weighted by Gasteiger charge is 2.22. The van der Waals surface area contributed by atoms with Gasteiger partial charge in [-0.2, -0.15) is 4.98 Å². The summed E-state index contributed by atoms with van der Waals surface area (Å²) in [7, 11) is 0. The van der Waals surface area contributed by atoms with Crippen LogP contribution >= 0.6 is 11.6 Å². The second-order valence-corrected chi connectivity index (χ2v) is 4.74. The van der Waals surface area contributed by atoms with Crippen LogP contribution in [0.4, 0.5) is 5.95 Å². The molecule has 18 heavy (non-hydrogen) atoms. The third-order valence-corrected chi connectivity index (χ3v) is 3.31. The van der Waals surface area contributed by atoms with Gasteiger partial charge in [0, 0.05) is 37.1 Å². The van der Waals surface area contributed by atoms with E-state index in [0.717, 1.165) is 25.1 Å². The van der Waals surface area contributed by atoms with Crippen molar-refractivity contribution in [3.8, 4) is 11.4 Å². The van der Waals surface area contributed by atoms with Gasteiger partial charge < -0.3 is 10.6 Å². The molecule has 1 fully saturated rings. The molecular formula is C11H13ClN6. The van der Waals surface area contributed by atoms with Crippen molar-refractivity contribution in [1.82, 2.24) is 20.2 Å². The summed E-state index contributed by atoms with van der Waals surface area (Å²) in [6.07, 6.45) is 4.24. The van der Waals surface area contributed by atoms with Gasteiger partial charge in [-0.1, -0.05) is 11.6 Å². The highest BCUT2D eigenvalue weighted by molar-refractivity contribution is 6.33. The number of rotatable bonds is 2. The van der Waals surface area contributed by atoms with E-state index in [1.807, 2.05) is 6.07 Å². The number of nitrogens with two attached hydrogens (primary N) is 1. The Morgan fingerprint density at radius 1 is 1.50 bits per heavy atom. The van der Waals surface area contributed by atoms with Crippen LogP contribution in [0.3, 0.4) is 0 Å². The Labute approximate surface area is 109 Å². The van der Waals surface area contributed by atoms with E-state index in [1.54, 1.807) is 12.4 Å². The third kappa shape index (κ3) is 2.04. The summed E-state index contributed by atoms with van der Waals surface area (Å²) in [5.41, 5.74) is 6.67. The second kappa shape index (κ2) is 4.55. The summed E-state index contributed by atoms with van der Waals surface area (Å²) in [5, 5.41) is 7.66. The quantitative estimate of drug-likeness (QED) is 0.847. The van der Waals surface area contributed by atoms with E-state index in [2.05, 4.69) is 25.1 Å². The Hall–Kier alpha value is -1.66. The second-order valence-electron chi connectivity index (χ2n) is 4.33. The molecule has 6 nitrogen and oxygen atoms in total. The molecule has 1 aliphatic rings. The lowest BCUT2D eigenvalue weighted by atomic mass is 10.2. The summed E-state index contributed by atoms with van der Waals surface area (Å²) >= 11 is 6.07. The monoisotopic (exact) mass is 264 g/mol. The van der Waals surface area contributed by atoms with Crippen LogP contribution in [0.2, 0.25) is 5.02 Å². The molecule has 2 aromatic rings. The average molecular weight is 265 g/mol. The molecule has 0 aromatic carbocycles. The van der Waals surface area contributed by atoms with Crippen LogP contribution in [-0.4, -0.2) is 39.3 Å². The molecule has 0 bridgehead atoms. The first kappa shape index (κ1) is 11.4. The van der Waals surface area contributed by atoms with Crippen LogP contribution in [0.5, 0.6) is 0 Å². The van der Waals surface area contributed by atoms with E-state index in [9.17, 15) is 0 Å². The van der Waals surface area contributed by atoms with Crippen LogP contribution in [0.25, 0.3) is 11.4 Å². The Balaban J connectivity index is 1.88. The van der Waals surface area contributed by atoms with Gasteiger partial charge in [-0.25, -0.2) is 0 Å². The lowest BCUT2D eigenvalue weighted by Crippen LogP contribution is -2.26. The van der Waals surface area contributed by atoms with Gasteiger partial charge in [0.05, 0.1) is 5.02 Å². The van der Waals surface area contributed by atoms with Gasteiger partial charge in [-0.3, -0.25) is 10.1 Å². The molecule has 2 aromatic heterocycles. The van der Waals surface area contributed by atoms with E-state index in [0.29, 0.717) is 16.8 Å². The summed E-state index contributed by atoms with van der Waals surface area (Å²) in [4.78, 5) is 10.5. The number of nitrogens with one attached hydrogen (secondary N) is 1. The molecular weight excluding hydrogens is 252 g/mol. The molecule has 94 valence electrons. The summed E-state index contributed by atoms with van der Waals surface area (Å²) in [6, 6.07) is 2.01. The smallest absolute Gasteiger partial charge is 0.245 e. The van der Waals surface area contributed by atoms with Crippen LogP contribution in [0, 0.1) is 0 Å². The molecule has 0 radical (unpaired) electrons. The maximum absolute atomic E-state index is 6.07. The largest absolute Gasteiger partial charge is 0.338 e. The van der Waals surface area contributed by atoms with Crippen LogP contribution in [0.15, 0.2) is 18.5 Å². The highest BCUT2D eigenvalue weighted by atomic mass is 35.5. The summed E-state index contributed by atoms with van der Waals surface area (Å²) < 4.78 is 0. The fourth-order valence-corrected chi connectivity index (χ4v) is 2.26. The first-order chi connectivity index (χ1) is 8.74. The lowest BCUT2D eigenvalue weighted by Gasteiger charge is -2.11. The minimum Gasteiger partial charge on any atom is -0.338 e. The van der Waals surface area contributed by atoms with Crippen molar-refractivity contribution in [2.45, 2.75) is 12.5 Å². The number of hydrogen-bond donors (Lipinski definition) is 2. The molecule has 3 heterocycles. The van der Waals surface area contributed by atoms with Crippen LogP contribution in [-0.2, 0) is 0 Å². The van der Waals surface area contributed by atoms with Crippen molar-refractivity contribution in [3.63, 3.8) is 0 Å². The molecule has 1 saturated heterocycles. The third-order valence-electron chi connectivity index (χ3n) is 3.01. The molecule has 0 saturated carbocycles. The zero-order valence-electron chi connectivity index (χ0n) is 9.67. The molecule has 0 amide bonds. The number of H-pyrrole nitrogens is 1. The number of pyridine rings is 1. The Morgan fingerprint density at radius 3 is 3.11 bits per heavy atom. The Bertz CT molecular complexity index is 554. The standard InChI is InChI=1S/C11H13ClN6/c12-9-5-14-3-1-8(9)10-15-11(17-16-10)18-4-2-7(13)6-18/h1,3,5,7H,2,4,6,13H2,(H,15,16,17). The maximum atomic E-state index is 6.07. The average Bonchev–Trinajstić information content (AvgIpc) is 2.98. The topological polar surface area (TPSA) is 83.7 Å². The SMILES string of the molecule is NC1CCN(c2n[nH]c(-c3ccncc3Cl)n2)C1. The Kier molecular flexibility index (Phi) is 2.89. The molecule has 7 heteroatoms. The minimum absolute atomic E-state index is 0.205. The zero-order valence-corrected chi connectivity index (χ0v) is 10.4. The maximum Gasteiger partial charge on any atom is 0.245 e. The zero-order chi connectivity index (χ0) is 12.5. The van der Waals surface area contributed by atoms with E-state index >= 15 is 0 Å². The Morgan fingerprint density at radius 2 is 2.39 bits per heavy atom. The number of aromatic amines is 1. The number of nitrogens with zero attached hydrogens (tertiary/aromatic N) is 4. The van der Waals surface area contributed by atoms with Crippen molar-refractivity contribution in [2.75, 3.05) is 18.0 Å². The summed E-state index contributed by atoms with van der Waals surface area (Å²) in [6.45, 7) is 1.68. The van der Waals surface area contributed by atoms with Crippen molar-refractivity contribution >= 4 is 17.5 Å². The van der Waals surface area contributed by atoms with E-state index in [4.69, 9.17) is 17.3 Å². The van der Waals surface area contributed by atoms with E-state index in [-0.39, 0.29) is 6.04 Å². The van der Waals surface area contributed by atoms with Gasteiger partial charge in [0.15, 0.2) is 5.82 Å². The van der Waals surface area contributed by atoms with Gasteiger partial charge in [0.25, 0.3) is 0 Å². The van der Waals surface area contributed by atoms with Crippen molar-refractivity contribution < 1.29 is 0 Å². The minimum atomic E-state index is 0.205. The van der Waals surface area contributed by atoms with Gasteiger partial charge in [0.2, 0.25) is 5.95 Å².